The summed E-state index contributed by atoms with van der Waals surface area (Å²) in [6.07, 6.45) is 3.10. The van der Waals surface area contributed by atoms with Gasteiger partial charge in [-0.25, -0.2) is 8.42 Å². The first kappa shape index (κ1) is 21.1. The first-order chi connectivity index (χ1) is 14.8. The molecule has 0 fully saturated rings. The SMILES string of the molecule is Cc1ccc(NS(=O)(=O)c2ccc(C(=O)NNC(=O)c3cc4c(s3)CCC4)cc2)cc1. The molecule has 2 aromatic carbocycles. The molecular weight excluding hydrogens is 434 g/mol. The standard InChI is InChI=1S/C22H21N3O4S2/c1-14-5-9-17(10-6-14)25-31(28,29)18-11-7-15(8-12-18)21(26)23-24-22(27)20-13-16-3-2-4-19(16)30-20/h5-13,25H,2-4H2,1H3,(H,23,26)(H,24,27). The molecule has 7 nitrogen and oxygen atoms in total. The number of fused-ring (bicyclic) bond motifs is 1. The smallest absolute Gasteiger partial charge is 0.279 e. The number of anilines is 1. The van der Waals surface area contributed by atoms with Crippen LogP contribution < -0.4 is 15.6 Å². The van der Waals surface area contributed by atoms with Crippen LogP contribution >= 0.6 is 11.3 Å². The quantitative estimate of drug-likeness (QED) is 0.513. The summed E-state index contributed by atoms with van der Waals surface area (Å²) in [5.41, 5.74) is 7.68. The Kier molecular flexibility index (Phi) is 5.79. The Labute approximate surface area is 184 Å². The van der Waals surface area contributed by atoms with Crippen molar-refractivity contribution in [2.75, 3.05) is 4.72 Å². The lowest BCUT2D eigenvalue weighted by Crippen LogP contribution is -2.41. The number of sulfonamides is 1. The number of benzene rings is 2. The fourth-order valence-electron chi connectivity index (χ4n) is 3.31. The van der Waals surface area contributed by atoms with Crippen LogP contribution in [0.25, 0.3) is 0 Å². The van der Waals surface area contributed by atoms with Gasteiger partial charge in [-0.3, -0.25) is 25.2 Å². The van der Waals surface area contributed by atoms with Crippen LogP contribution in [-0.4, -0.2) is 20.2 Å². The minimum atomic E-state index is -3.78. The molecular formula is C22H21N3O4S2. The zero-order valence-corrected chi connectivity index (χ0v) is 18.4. The van der Waals surface area contributed by atoms with E-state index in [2.05, 4.69) is 15.6 Å². The highest BCUT2D eigenvalue weighted by Gasteiger charge is 2.19. The van der Waals surface area contributed by atoms with Crippen LogP contribution in [0.5, 0.6) is 0 Å². The second-order valence-electron chi connectivity index (χ2n) is 7.32. The zero-order chi connectivity index (χ0) is 22.0. The summed E-state index contributed by atoms with van der Waals surface area (Å²) < 4.78 is 27.6. The third kappa shape index (κ3) is 4.78. The van der Waals surface area contributed by atoms with Crippen molar-refractivity contribution in [2.45, 2.75) is 31.1 Å². The largest absolute Gasteiger partial charge is 0.280 e. The molecule has 2 amide bonds. The Morgan fingerprint density at radius 3 is 2.26 bits per heavy atom. The molecule has 0 aliphatic heterocycles. The minimum absolute atomic E-state index is 0.0294. The maximum absolute atomic E-state index is 12.5. The van der Waals surface area contributed by atoms with Crippen LogP contribution in [0.4, 0.5) is 5.69 Å². The van der Waals surface area contributed by atoms with Crippen molar-refractivity contribution in [3.63, 3.8) is 0 Å². The van der Waals surface area contributed by atoms with Crippen LogP contribution in [0, 0.1) is 6.92 Å². The summed E-state index contributed by atoms with van der Waals surface area (Å²) in [5, 5.41) is 0. The highest BCUT2D eigenvalue weighted by Crippen LogP contribution is 2.30. The molecule has 1 aliphatic rings. The third-order valence-corrected chi connectivity index (χ3v) is 7.62. The average molecular weight is 456 g/mol. The molecule has 0 spiro atoms. The summed E-state index contributed by atoms with van der Waals surface area (Å²) in [5.74, 6) is -0.901. The van der Waals surface area contributed by atoms with E-state index in [1.54, 1.807) is 12.1 Å². The van der Waals surface area contributed by atoms with Crippen molar-refractivity contribution in [1.82, 2.24) is 10.9 Å². The van der Waals surface area contributed by atoms with Gasteiger partial charge < -0.3 is 0 Å². The van der Waals surface area contributed by atoms with Gasteiger partial charge in [0.1, 0.15) is 0 Å². The van der Waals surface area contributed by atoms with E-state index in [0.29, 0.717) is 10.6 Å². The lowest BCUT2D eigenvalue weighted by molar-refractivity contribution is 0.0849. The Morgan fingerprint density at radius 2 is 1.58 bits per heavy atom. The molecule has 9 heteroatoms. The Morgan fingerprint density at radius 1 is 0.903 bits per heavy atom. The van der Waals surface area contributed by atoms with Crippen molar-refractivity contribution in [2.24, 2.45) is 0 Å². The number of thiophene rings is 1. The van der Waals surface area contributed by atoms with E-state index in [0.717, 1.165) is 24.8 Å². The molecule has 0 radical (unpaired) electrons. The number of carbonyl (C=O) groups excluding carboxylic acids is 2. The molecule has 1 aromatic heterocycles. The molecule has 0 unspecified atom stereocenters. The van der Waals surface area contributed by atoms with E-state index in [4.69, 9.17) is 0 Å². The maximum Gasteiger partial charge on any atom is 0.279 e. The molecule has 160 valence electrons. The predicted octanol–water partition coefficient (Wildman–Crippen LogP) is 3.42. The van der Waals surface area contributed by atoms with Crippen LogP contribution in [0.1, 0.15) is 42.5 Å². The van der Waals surface area contributed by atoms with Gasteiger partial charge in [-0.2, -0.15) is 0 Å². The van der Waals surface area contributed by atoms with Crippen LogP contribution in [0.15, 0.2) is 59.5 Å². The highest BCUT2D eigenvalue weighted by molar-refractivity contribution is 7.92. The molecule has 0 bridgehead atoms. The van der Waals surface area contributed by atoms with E-state index in [9.17, 15) is 18.0 Å². The summed E-state index contributed by atoms with van der Waals surface area (Å²) in [7, 11) is -3.78. The number of rotatable bonds is 5. The number of nitrogens with one attached hydrogen (secondary N) is 3. The van der Waals surface area contributed by atoms with E-state index in [1.165, 1.54) is 46.0 Å². The van der Waals surface area contributed by atoms with Crippen LogP contribution in [0.2, 0.25) is 0 Å². The Hall–Kier alpha value is -3.17. The van der Waals surface area contributed by atoms with Gasteiger partial charge >= 0.3 is 0 Å². The number of hydrogen-bond acceptors (Lipinski definition) is 5. The normalized spacial score (nSPS) is 12.8. The average Bonchev–Trinajstić information content (AvgIpc) is 3.36. The third-order valence-electron chi connectivity index (χ3n) is 4.99. The molecule has 3 aromatic rings. The second kappa shape index (κ2) is 8.52. The number of aryl methyl sites for hydroxylation is 3. The van der Waals surface area contributed by atoms with Crippen molar-refractivity contribution < 1.29 is 18.0 Å². The van der Waals surface area contributed by atoms with Gasteiger partial charge in [-0.1, -0.05) is 17.7 Å². The maximum atomic E-state index is 12.5. The van der Waals surface area contributed by atoms with E-state index < -0.39 is 15.9 Å². The number of hydrogen-bond donors (Lipinski definition) is 3. The topological polar surface area (TPSA) is 104 Å². The lowest BCUT2D eigenvalue weighted by Gasteiger charge is -2.10. The van der Waals surface area contributed by atoms with Crippen LogP contribution in [-0.2, 0) is 22.9 Å². The van der Waals surface area contributed by atoms with Gasteiger partial charge in [0.15, 0.2) is 0 Å². The molecule has 31 heavy (non-hydrogen) atoms. The first-order valence-electron chi connectivity index (χ1n) is 9.74. The van der Waals surface area contributed by atoms with Crippen molar-refractivity contribution in [3.8, 4) is 0 Å². The number of hydrazine groups is 1. The summed E-state index contributed by atoms with van der Waals surface area (Å²) in [6, 6.07) is 14.3. The highest BCUT2D eigenvalue weighted by atomic mass is 32.2. The van der Waals surface area contributed by atoms with Crippen molar-refractivity contribution in [1.29, 1.82) is 0 Å². The molecule has 0 saturated carbocycles. The van der Waals surface area contributed by atoms with E-state index in [-0.39, 0.29) is 16.4 Å². The monoisotopic (exact) mass is 455 g/mol. The summed E-state index contributed by atoms with van der Waals surface area (Å²) >= 11 is 1.45. The number of amides is 2. The summed E-state index contributed by atoms with van der Waals surface area (Å²) in [4.78, 5) is 26.4. The molecule has 0 saturated heterocycles. The first-order valence-corrected chi connectivity index (χ1v) is 12.0. The minimum Gasteiger partial charge on any atom is -0.280 e. The fourth-order valence-corrected chi connectivity index (χ4v) is 5.52. The van der Waals surface area contributed by atoms with E-state index >= 15 is 0 Å². The Balaban J connectivity index is 1.37. The zero-order valence-electron chi connectivity index (χ0n) is 16.8. The molecule has 0 atom stereocenters. The van der Waals surface area contributed by atoms with Gasteiger partial charge in [-0.05, 0) is 74.2 Å². The predicted molar refractivity (Wildman–Crippen MR) is 120 cm³/mol. The van der Waals surface area contributed by atoms with Gasteiger partial charge in [0.05, 0.1) is 9.77 Å². The van der Waals surface area contributed by atoms with Gasteiger partial charge in [-0.15, -0.1) is 11.3 Å². The van der Waals surface area contributed by atoms with Crippen molar-refractivity contribution >= 4 is 38.9 Å². The fraction of sp³-hybridized carbons (Fsp3) is 0.182. The molecule has 1 aliphatic carbocycles. The number of carbonyl (C=O) groups is 2. The lowest BCUT2D eigenvalue weighted by atomic mass is 10.2. The van der Waals surface area contributed by atoms with Gasteiger partial charge in [0.2, 0.25) is 0 Å². The van der Waals surface area contributed by atoms with Gasteiger partial charge in [0, 0.05) is 16.1 Å². The van der Waals surface area contributed by atoms with E-state index in [1.807, 2.05) is 25.1 Å². The second-order valence-corrected chi connectivity index (χ2v) is 10.1. The molecule has 4 rings (SSSR count). The van der Waals surface area contributed by atoms with Crippen LogP contribution in [0.3, 0.4) is 0 Å². The molecule has 1 heterocycles. The Bertz CT molecular complexity index is 1210. The van der Waals surface area contributed by atoms with Gasteiger partial charge in [0.25, 0.3) is 21.8 Å². The summed E-state index contributed by atoms with van der Waals surface area (Å²) in [6.45, 7) is 1.91. The molecule has 3 N–H and O–H groups in total. The van der Waals surface area contributed by atoms with Crippen molar-refractivity contribution in [3.05, 3.63) is 81.0 Å².